The lowest BCUT2D eigenvalue weighted by Gasteiger charge is -2.07. The first kappa shape index (κ1) is 19.2. The van der Waals surface area contributed by atoms with Crippen LogP contribution in [0.2, 0.25) is 0 Å². The molecule has 0 bridgehead atoms. The first-order valence-corrected chi connectivity index (χ1v) is 9.79. The number of para-hydroxylation sites is 1. The summed E-state index contributed by atoms with van der Waals surface area (Å²) in [6.07, 6.45) is 0. The highest BCUT2D eigenvalue weighted by Gasteiger charge is 2.25. The molecule has 5 nitrogen and oxygen atoms in total. The van der Waals surface area contributed by atoms with Crippen molar-refractivity contribution in [3.05, 3.63) is 58.4 Å². The van der Waals surface area contributed by atoms with Gasteiger partial charge in [0.1, 0.15) is 0 Å². The Labute approximate surface area is 162 Å². The quantitative estimate of drug-likeness (QED) is 0.382. The first-order chi connectivity index (χ1) is 12.9. The van der Waals surface area contributed by atoms with Gasteiger partial charge in [-0.3, -0.25) is 4.79 Å². The molecule has 0 atom stereocenters. The highest BCUT2D eigenvalue weighted by atomic mass is 32.2. The van der Waals surface area contributed by atoms with Crippen LogP contribution in [0.25, 0.3) is 10.9 Å². The van der Waals surface area contributed by atoms with Crippen LogP contribution in [-0.2, 0) is 4.74 Å². The third-order valence-electron chi connectivity index (χ3n) is 4.38. The van der Waals surface area contributed by atoms with E-state index < -0.39 is 5.97 Å². The minimum Gasteiger partial charge on any atom is -0.462 e. The minimum atomic E-state index is -0.465. The number of fused-ring (bicyclic) bond motifs is 1. The second kappa shape index (κ2) is 7.96. The van der Waals surface area contributed by atoms with Crippen LogP contribution in [0, 0.1) is 20.8 Å². The van der Waals surface area contributed by atoms with E-state index in [4.69, 9.17) is 4.74 Å². The van der Waals surface area contributed by atoms with Crippen molar-refractivity contribution in [1.29, 1.82) is 0 Å². The number of ether oxygens (including phenoxy) is 1. The number of aryl methyl sites for hydroxylation is 3. The molecule has 0 aliphatic rings. The summed E-state index contributed by atoms with van der Waals surface area (Å²) in [5, 5.41) is 1.90. The normalized spacial score (nSPS) is 11.0. The van der Waals surface area contributed by atoms with Crippen molar-refractivity contribution in [3.63, 3.8) is 0 Å². The van der Waals surface area contributed by atoms with Gasteiger partial charge in [0.2, 0.25) is 0 Å². The Bertz CT molecular complexity index is 1020. The molecule has 0 fully saturated rings. The molecule has 0 radical (unpaired) electrons. The van der Waals surface area contributed by atoms with Crippen molar-refractivity contribution in [2.24, 2.45) is 0 Å². The number of carbonyl (C=O) groups is 2. The number of carbonyl (C=O) groups excluding carboxylic acids is 2. The van der Waals surface area contributed by atoms with Gasteiger partial charge < -0.3 is 9.72 Å². The fourth-order valence-corrected chi connectivity index (χ4v) is 4.04. The Morgan fingerprint density at radius 2 is 1.81 bits per heavy atom. The summed E-state index contributed by atoms with van der Waals surface area (Å²) in [7, 11) is 0. The number of pyridine rings is 1. The van der Waals surface area contributed by atoms with Gasteiger partial charge in [0, 0.05) is 16.8 Å². The zero-order valence-corrected chi connectivity index (χ0v) is 16.7. The summed E-state index contributed by atoms with van der Waals surface area (Å²) < 4.78 is 5.11. The van der Waals surface area contributed by atoms with E-state index in [0.717, 1.165) is 21.5 Å². The summed E-state index contributed by atoms with van der Waals surface area (Å²) in [6.45, 7) is 7.63. The molecule has 0 unspecified atom stereocenters. The number of ketones is 1. The lowest BCUT2D eigenvalue weighted by Crippen LogP contribution is -2.13. The summed E-state index contributed by atoms with van der Waals surface area (Å²) >= 11 is 1.38. The van der Waals surface area contributed by atoms with E-state index in [1.54, 1.807) is 20.8 Å². The van der Waals surface area contributed by atoms with E-state index in [-0.39, 0.29) is 18.1 Å². The zero-order chi connectivity index (χ0) is 19.6. The molecule has 2 heterocycles. The SMILES string of the molecule is CCOC(=O)c1c(C)[nH]c(C)c1C(=O)CSc1cc(C)c2ccccc2n1. The Morgan fingerprint density at radius 1 is 1.11 bits per heavy atom. The van der Waals surface area contributed by atoms with E-state index >= 15 is 0 Å². The van der Waals surface area contributed by atoms with Crippen LogP contribution in [-0.4, -0.2) is 34.1 Å². The molecule has 6 heteroatoms. The van der Waals surface area contributed by atoms with E-state index in [0.29, 0.717) is 22.5 Å². The fraction of sp³-hybridized carbons (Fsp3) is 0.286. The molecule has 3 aromatic rings. The molecule has 0 spiro atoms. The molecule has 27 heavy (non-hydrogen) atoms. The summed E-state index contributed by atoms with van der Waals surface area (Å²) in [5.74, 6) is -0.375. The Kier molecular flexibility index (Phi) is 5.65. The highest BCUT2D eigenvalue weighted by Crippen LogP contribution is 2.26. The lowest BCUT2D eigenvalue weighted by atomic mass is 10.1. The molecule has 0 saturated heterocycles. The molecule has 1 N–H and O–H groups in total. The number of nitrogens with zero attached hydrogens (tertiary/aromatic N) is 1. The molecule has 3 rings (SSSR count). The maximum Gasteiger partial charge on any atom is 0.340 e. The number of hydrogen-bond donors (Lipinski definition) is 1. The van der Waals surface area contributed by atoms with Crippen molar-refractivity contribution in [2.75, 3.05) is 12.4 Å². The molecule has 0 saturated carbocycles. The zero-order valence-electron chi connectivity index (χ0n) is 15.9. The third kappa shape index (κ3) is 3.90. The van der Waals surface area contributed by atoms with Gasteiger partial charge in [-0.2, -0.15) is 0 Å². The topological polar surface area (TPSA) is 72.1 Å². The molecule has 0 aliphatic heterocycles. The standard InChI is InChI=1S/C21H22N2O3S/c1-5-26-21(25)20-14(4)22-13(3)19(20)17(24)11-27-18-10-12(2)15-8-6-7-9-16(15)23-18/h6-10,22H,5,11H2,1-4H3. The maximum atomic E-state index is 12.9. The van der Waals surface area contributed by atoms with Crippen LogP contribution in [0.1, 0.15) is 44.6 Å². The van der Waals surface area contributed by atoms with Crippen LogP contribution < -0.4 is 0 Å². The molecule has 0 aliphatic carbocycles. The molecule has 2 aromatic heterocycles. The number of aromatic amines is 1. The number of H-pyrrole nitrogens is 1. The average molecular weight is 382 g/mol. The molecule has 1 aromatic carbocycles. The van der Waals surface area contributed by atoms with E-state index in [1.807, 2.05) is 37.3 Å². The first-order valence-electron chi connectivity index (χ1n) is 8.81. The van der Waals surface area contributed by atoms with Gasteiger partial charge in [-0.05, 0) is 45.4 Å². The monoisotopic (exact) mass is 382 g/mol. The summed E-state index contributed by atoms with van der Waals surface area (Å²) in [6, 6.07) is 9.93. The number of thioether (sulfide) groups is 1. The molecule has 0 amide bonds. The second-order valence-electron chi connectivity index (χ2n) is 6.35. The van der Waals surface area contributed by atoms with Gasteiger partial charge in [0.05, 0.1) is 34.0 Å². The highest BCUT2D eigenvalue weighted by molar-refractivity contribution is 7.99. The maximum absolute atomic E-state index is 12.9. The lowest BCUT2D eigenvalue weighted by molar-refractivity contribution is 0.0522. The Balaban J connectivity index is 1.84. The molecular weight excluding hydrogens is 360 g/mol. The van der Waals surface area contributed by atoms with Gasteiger partial charge in [-0.15, -0.1) is 0 Å². The van der Waals surface area contributed by atoms with Crippen LogP contribution in [0.5, 0.6) is 0 Å². The van der Waals surface area contributed by atoms with Crippen molar-refractivity contribution in [2.45, 2.75) is 32.7 Å². The second-order valence-corrected chi connectivity index (χ2v) is 7.35. The molecular formula is C21H22N2O3S. The van der Waals surface area contributed by atoms with Crippen molar-refractivity contribution in [1.82, 2.24) is 9.97 Å². The minimum absolute atomic E-state index is 0.113. The summed E-state index contributed by atoms with van der Waals surface area (Å²) in [5.41, 5.74) is 4.12. The number of Topliss-reactive ketones (excluding diaryl/α,β-unsaturated/α-hetero) is 1. The van der Waals surface area contributed by atoms with Gasteiger partial charge in [0.15, 0.2) is 5.78 Å². The summed E-state index contributed by atoms with van der Waals surface area (Å²) in [4.78, 5) is 32.8. The van der Waals surface area contributed by atoms with Crippen molar-refractivity contribution >= 4 is 34.4 Å². The van der Waals surface area contributed by atoms with Gasteiger partial charge in [-0.25, -0.2) is 9.78 Å². The number of benzene rings is 1. The average Bonchev–Trinajstić information content (AvgIpc) is 2.94. The smallest absolute Gasteiger partial charge is 0.340 e. The number of nitrogens with one attached hydrogen (secondary N) is 1. The van der Waals surface area contributed by atoms with E-state index in [9.17, 15) is 9.59 Å². The van der Waals surface area contributed by atoms with Gasteiger partial charge in [0.25, 0.3) is 0 Å². The van der Waals surface area contributed by atoms with Crippen LogP contribution in [0.15, 0.2) is 35.4 Å². The fourth-order valence-electron chi connectivity index (χ4n) is 3.19. The number of esters is 1. The van der Waals surface area contributed by atoms with Crippen LogP contribution in [0.3, 0.4) is 0 Å². The number of hydrogen-bond acceptors (Lipinski definition) is 5. The van der Waals surface area contributed by atoms with Crippen LogP contribution in [0.4, 0.5) is 0 Å². The van der Waals surface area contributed by atoms with Crippen molar-refractivity contribution in [3.8, 4) is 0 Å². The third-order valence-corrected chi connectivity index (χ3v) is 5.30. The van der Waals surface area contributed by atoms with Crippen LogP contribution >= 0.6 is 11.8 Å². The van der Waals surface area contributed by atoms with Gasteiger partial charge in [-0.1, -0.05) is 30.0 Å². The predicted octanol–water partition coefficient (Wildman–Crippen LogP) is 4.64. The Morgan fingerprint density at radius 3 is 2.56 bits per heavy atom. The van der Waals surface area contributed by atoms with Gasteiger partial charge >= 0.3 is 5.97 Å². The predicted molar refractivity (Wildman–Crippen MR) is 108 cm³/mol. The largest absolute Gasteiger partial charge is 0.462 e. The van der Waals surface area contributed by atoms with Crippen molar-refractivity contribution < 1.29 is 14.3 Å². The Hall–Kier alpha value is -2.60. The van der Waals surface area contributed by atoms with E-state index in [2.05, 4.69) is 9.97 Å². The number of aromatic nitrogens is 2. The van der Waals surface area contributed by atoms with E-state index in [1.165, 1.54) is 11.8 Å². The molecule has 140 valence electrons. The number of rotatable bonds is 6.